The maximum atomic E-state index is 12.3. The van der Waals surface area contributed by atoms with Crippen LogP contribution in [0.3, 0.4) is 0 Å². The van der Waals surface area contributed by atoms with E-state index in [4.69, 9.17) is 0 Å². The Morgan fingerprint density at radius 1 is 0.931 bits per heavy atom. The van der Waals surface area contributed by atoms with Crippen LogP contribution >= 0.6 is 11.3 Å². The molecule has 1 aliphatic rings. The lowest BCUT2D eigenvalue weighted by Gasteiger charge is -2.31. The number of carbonyl (C=O) groups excluding carboxylic acids is 1. The number of benzene rings is 2. The zero-order chi connectivity index (χ0) is 19.9. The highest BCUT2D eigenvalue weighted by Gasteiger charge is 2.20. The molecule has 0 unspecified atom stereocenters. The SMILES string of the molecule is O=C(Cc1ccc(-c2ccccc2)cc1)NCCN1CCC(c2cccs2)CC1. The molecule has 1 aliphatic heterocycles. The van der Waals surface area contributed by atoms with Crippen molar-refractivity contribution >= 4 is 17.2 Å². The Hall–Kier alpha value is -2.43. The fraction of sp³-hybridized carbons (Fsp3) is 0.320. The highest BCUT2D eigenvalue weighted by Crippen LogP contribution is 2.30. The molecule has 150 valence electrons. The van der Waals surface area contributed by atoms with Gasteiger partial charge in [-0.1, -0.05) is 60.7 Å². The Morgan fingerprint density at radius 3 is 2.34 bits per heavy atom. The second-order valence-corrected chi connectivity index (χ2v) is 8.70. The van der Waals surface area contributed by atoms with E-state index in [9.17, 15) is 4.79 Å². The molecule has 1 saturated heterocycles. The molecular weight excluding hydrogens is 376 g/mol. The first-order chi connectivity index (χ1) is 14.3. The van der Waals surface area contributed by atoms with Crippen LogP contribution in [0.4, 0.5) is 0 Å². The normalized spacial score (nSPS) is 15.3. The summed E-state index contributed by atoms with van der Waals surface area (Å²) in [5.74, 6) is 0.825. The maximum absolute atomic E-state index is 12.3. The van der Waals surface area contributed by atoms with Crippen LogP contribution in [0.15, 0.2) is 72.1 Å². The molecule has 1 fully saturated rings. The average molecular weight is 405 g/mol. The van der Waals surface area contributed by atoms with E-state index in [1.807, 2.05) is 29.5 Å². The van der Waals surface area contributed by atoms with Gasteiger partial charge in [0.1, 0.15) is 0 Å². The molecule has 4 rings (SSSR count). The molecule has 0 bridgehead atoms. The summed E-state index contributed by atoms with van der Waals surface area (Å²) in [6.45, 7) is 3.92. The van der Waals surface area contributed by atoms with E-state index in [2.05, 4.69) is 64.1 Å². The molecule has 4 heteroatoms. The van der Waals surface area contributed by atoms with Gasteiger partial charge in [0.15, 0.2) is 0 Å². The number of likely N-dealkylation sites (tertiary alicyclic amines) is 1. The van der Waals surface area contributed by atoms with E-state index in [0.29, 0.717) is 6.42 Å². The van der Waals surface area contributed by atoms with Crippen LogP contribution in [-0.4, -0.2) is 37.0 Å². The number of hydrogen-bond donors (Lipinski definition) is 1. The summed E-state index contributed by atoms with van der Waals surface area (Å²) >= 11 is 1.88. The Kier molecular flexibility index (Phi) is 6.75. The Balaban J connectivity index is 1.17. The van der Waals surface area contributed by atoms with Crippen molar-refractivity contribution in [2.24, 2.45) is 0 Å². The number of nitrogens with zero attached hydrogens (tertiary/aromatic N) is 1. The highest BCUT2D eigenvalue weighted by atomic mass is 32.1. The first-order valence-corrected chi connectivity index (χ1v) is 11.3. The third-order valence-electron chi connectivity index (χ3n) is 5.71. The molecular formula is C25H28N2OS. The topological polar surface area (TPSA) is 32.3 Å². The van der Waals surface area contributed by atoms with Crippen molar-refractivity contribution in [1.82, 2.24) is 10.2 Å². The molecule has 1 amide bonds. The molecule has 29 heavy (non-hydrogen) atoms. The molecule has 1 N–H and O–H groups in total. The molecule has 2 heterocycles. The van der Waals surface area contributed by atoms with Crippen LogP contribution in [0.2, 0.25) is 0 Å². The van der Waals surface area contributed by atoms with Gasteiger partial charge in [0.25, 0.3) is 0 Å². The number of rotatable bonds is 7. The average Bonchev–Trinajstić information content (AvgIpc) is 3.30. The van der Waals surface area contributed by atoms with E-state index in [-0.39, 0.29) is 5.91 Å². The lowest BCUT2D eigenvalue weighted by molar-refractivity contribution is -0.120. The summed E-state index contributed by atoms with van der Waals surface area (Å²) in [6.07, 6.45) is 2.89. The van der Waals surface area contributed by atoms with Crippen molar-refractivity contribution in [2.75, 3.05) is 26.2 Å². The largest absolute Gasteiger partial charge is 0.355 e. The number of piperidine rings is 1. The molecule has 0 atom stereocenters. The van der Waals surface area contributed by atoms with Gasteiger partial charge in [-0.15, -0.1) is 11.3 Å². The Labute approximate surface area is 177 Å². The van der Waals surface area contributed by atoms with Crippen LogP contribution in [-0.2, 0) is 11.2 Å². The summed E-state index contributed by atoms with van der Waals surface area (Å²) in [7, 11) is 0. The predicted molar refractivity (Wildman–Crippen MR) is 121 cm³/mol. The van der Waals surface area contributed by atoms with E-state index in [1.54, 1.807) is 0 Å². The Morgan fingerprint density at radius 2 is 1.66 bits per heavy atom. The summed E-state index contributed by atoms with van der Waals surface area (Å²) in [4.78, 5) is 16.3. The van der Waals surface area contributed by atoms with E-state index in [1.165, 1.54) is 28.8 Å². The molecule has 2 aromatic carbocycles. The highest BCUT2D eigenvalue weighted by molar-refractivity contribution is 7.10. The smallest absolute Gasteiger partial charge is 0.224 e. The zero-order valence-corrected chi connectivity index (χ0v) is 17.5. The number of thiophene rings is 1. The minimum atomic E-state index is 0.103. The van der Waals surface area contributed by atoms with Gasteiger partial charge < -0.3 is 10.2 Å². The van der Waals surface area contributed by atoms with Crippen LogP contribution in [0, 0.1) is 0 Å². The van der Waals surface area contributed by atoms with Gasteiger partial charge in [0.05, 0.1) is 6.42 Å². The summed E-state index contributed by atoms with van der Waals surface area (Å²) in [6, 6.07) is 23.0. The lowest BCUT2D eigenvalue weighted by Crippen LogP contribution is -2.39. The fourth-order valence-electron chi connectivity index (χ4n) is 4.01. The Bertz CT molecular complexity index is 882. The molecule has 0 radical (unpaired) electrons. The lowest BCUT2D eigenvalue weighted by atomic mass is 9.95. The van der Waals surface area contributed by atoms with Gasteiger partial charge in [0.2, 0.25) is 5.91 Å². The van der Waals surface area contributed by atoms with Crippen molar-refractivity contribution in [2.45, 2.75) is 25.2 Å². The van der Waals surface area contributed by atoms with Crippen LogP contribution < -0.4 is 5.32 Å². The van der Waals surface area contributed by atoms with Crippen molar-refractivity contribution in [3.05, 3.63) is 82.6 Å². The van der Waals surface area contributed by atoms with Gasteiger partial charge in [-0.25, -0.2) is 0 Å². The minimum Gasteiger partial charge on any atom is -0.355 e. The summed E-state index contributed by atoms with van der Waals surface area (Å²) < 4.78 is 0. The monoisotopic (exact) mass is 404 g/mol. The first kappa shape index (κ1) is 19.9. The third-order valence-corrected chi connectivity index (χ3v) is 6.74. The van der Waals surface area contributed by atoms with Crippen molar-refractivity contribution in [3.63, 3.8) is 0 Å². The molecule has 3 aromatic rings. The number of hydrogen-bond acceptors (Lipinski definition) is 3. The van der Waals surface area contributed by atoms with Gasteiger partial charge in [-0.3, -0.25) is 4.79 Å². The molecule has 0 saturated carbocycles. The zero-order valence-electron chi connectivity index (χ0n) is 16.7. The van der Waals surface area contributed by atoms with Crippen LogP contribution in [0.5, 0.6) is 0 Å². The van der Waals surface area contributed by atoms with Crippen molar-refractivity contribution in [1.29, 1.82) is 0 Å². The third kappa shape index (κ3) is 5.55. The quantitative estimate of drug-likeness (QED) is 0.604. The second kappa shape index (κ2) is 9.86. The maximum Gasteiger partial charge on any atom is 0.224 e. The van der Waals surface area contributed by atoms with Gasteiger partial charge >= 0.3 is 0 Å². The standard InChI is InChI=1S/C25H28N2OS/c28-25(19-20-8-10-22(11-9-20)21-5-2-1-3-6-21)26-14-17-27-15-12-23(13-16-27)24-7-4-18-29-24/h1-11,18,23H,12-17,19H2,(H,26,28). The van der Waals surface area contributed by atoms with Crippen LogP contribution in [0.1, 0.15) is 29.2 Å². The molecule has 3 nitrogen and oxygen atoms in total. The van der Waals surface area contributed by atoms with Crippen molar-refractivity contribution in [3.8, 4) is 11.1 Å². The number of carbonyl (C=O) groups is 1. The molecule has 0 aliphatic carbocycles. The summed E-state index contributed by atoms with van der Waals surface area (Å²) in [5.41, 5.74) is 3.44. The van der Waals surface area contributed by atoms with E-state index < -0.39 is 0 Å². The second-order valence-electron chi connectivity index (χ2n) is 7.72. The minimum absolute atomic E-state index is 0.103. The van der Waals surface area contributed by atoms with Gasteiger partial charge in [-0.05, 0) is 60.0 Å². The van der Waals surface area contributed by atoms with Gasteiger partial charge in [0, 0.05) is 18.0 Å². The first-order valence-electron chi connectivity index (χ1n) is 10.4. The number of nitrogens with one attached hydrogen (secondary N) is 1. The van der Waals surface area contributed by atoms with E-state index in [0.717, 1.165) is 37.7 Å². The van der Waals surface area contributed by atoms with Crippen molar-refractivity contribution < 1.29 is 4.79 Å². The van der Waals surface area contributed by atoms with Crippen LogP contribution in [0.25, 0.3) is 11.1 Å². The fourth-order valence-corrected chi connectivity index (χ4v) is 4.91. The summed E-state index contributed by atoms with van der Waals surface area (Å²) in [5, 5.41) is 5.26. The molecule has 1 aromatic heterocycles. The van der Waals surface area contributed by atoms with Gasteiger partial charge in [-0.2, -0.15) is 0 Å². The number of amides is 1. The predicted octanol–water partition coefficient (Wildman–Crippen LogP) is 4.95. The molecule has 0 spiro atoms. The van der Waals surface area contributed by atoms with E-state index >= 15 is 0 Å².